The molecular weight excluding hydrogens is 417 g/mol. The van der Waals surface area contributed by atoms with E-state index in [9.17, 15) is 9.18 Å². The number of benzene rings is 1. The van der Waals surface area contributed by atoms with Gasteiger partial charge in [0.25, 0.3) is 5.91 Å². The lowest BCUT2D eigenvalue weighted by molar-refractivity contribution is 0.103. The minimum absolute atomic E-state index is 0.297. The van der Waals surface area contributed by atoms with Crippen molar-refractivity contribution in [2.75, 3.05) is 11.1 Å². The maximum absolute atomic E-state index is 13.2. The van der Waals surface area contributed by atoms with E-state index < -0.39 is 0 Å². The van der Waals surface area contributed by atoms with E-state index in [-0.39, 0.29) is 11.7 Å². The normalized spacial score (nSPS) is 13.8. The summed E-state index contributed by atoms with van der Waals surface area (Å²) in [7, 11) is 0. The number of nitrogens with zero attached hydrogens (tertiary/aromatic N) is 1. The van der Waals surface area contributed by atoms with Gasteiger partial charge in [-0.3, -0.25) is 4.79 Å². The zero-order chi connectivity index (χ0) is 20.7. The van der Waals surface area contributed by atoms with Gasteiger partial charge in [0, 0.05) is 27.2 Å². The molecule has 1 aromatic carbocycles. The van der Waals surface area contributed by atoms with Crippen molar-refractivity contribution in [3.05, 3.63) is 63.7 Å². The van der Waals surface area contributed by atoms with Crippen molar-refractivity contribution >= 4 is 50.2 Å². The number of nitrogens with one attached hydrogen (secondary N) is 1. The van der Waals surface area contributed by atoms with Gasteiger partial charge >= 0.3 is 0 Å². The maximum Gasteiger partial charge on any atom is 0.267 e. The zero-order valence-electron chi connectivity index (χ0n) is 16.2. The summed E-state index contributed by atoms with van der Waals surface area (Å²) in [5.41, 5.74) is 11.1. The van der Waals surface area contributed by atoms with Crippen molar-refractivity contribution in [1.29, 1.82) is 0 Å². The summed E-state index contributed by atoms with van der Waals surface area (Å²) in [4.78, 5) is 20.3. The number of halogens is 1. The van der Waals surface area contributed by atoms with Crippen LogP contribution in [0.3, 0.4) is 0 Å². The standard InChI is InChI=1S/C23H20FN3OS2/c24-13-8-10-14(11-9-13)26-22(28)21-20(25)19-18(17-7-4-12-29-17)15-5-2-1-3-6-16(15)27-23(19)30-21/h4,7-12H,1-3,5-6,25H2,(H,26,28). The molecule has 0 spiro atoms. The highest BCUT2D eigenvalue weighted by Gasteiger charge is 2.25. The minimum Gasteiger partial charge on any atom is -0.397 e. The molecule has 3 heterocycles. The SMILES string of the molecule is Nc1c(C(=O)Nc2ccc(F)cc2)sc2nc3c(c(-c4cccs4)c12)CCCCC3. The number of nitrogens with two attached hydrogens (primary N) is 1. The Kier molecular flexibility index (Phi) is 5.00. The third kappa shape index (κ3) is 3.38. The molecule has 1 aliphatic rings. The molecule has 0 saturated carbocycles. The van der Waals surface area contributed by atoms with Gasteiger partial charge in [-0.25, -0.2) is 9.37 Å². The largest absolute Gasteiger partial charge is 0.397 e. The van der Waals surface area contributed by atoms with Crippen LogP contribution in [0.1, 0.15) is 40.2 Å². The van der Waals surface area contributed by atoms with E-state index in [1.807, 2.05) is 6.07 Å². The Balaban J connectivity index is 1.65. The Labute approximate surface area is 181 Å². The molecule has 4 aromatic rings. The lowest BCUT2D eigenvalue weighted by atomic mass is 9.97. The van der Waals surface area contributed by atoms with Crippen molar-refractivity contribution in [3.8, 4) is 10.4 Å². The van der Waals surface area contributed by atoms with Crippen LogP contribution in [0.15, 0.2) is 41.8 Å². The molecule has 30 heavy (non-hydrogen) atoms. The Bertz CT molecular complexity index is 1230. The minimum atomic E-state index is -0.347. The number of hydrogen-bond donors (Lipinski definition) is 2. The van der Waals surface area contributed by atoms with Gasteiger partial charge in [0.2, 0.25) is 0 Å². The Morgan fingerprint density at radius 3 is 2.67 bits per heavy atom. The molecule has 7 heteroatoms. The highest BCUT2D eigenvalue weighted by atomic mass is 32.1. The predicted molar refractivity (Wildman–Crippen MR) is 123 cm³/mol. The van der Waals surface area contributed by atoms with Crippen LogP contribution in [0.25, 0.3) is 20.7 Å². The molecule has 5 rings (SSSR count). The number of aromatic nitrogens is 1. The lowest BCUT2D eigenvalue weighted by Gasteiger charge is -2.13. The van der Waals surface area contributed by atoms with E-state index in [2.05, 4.69) is 16.8 Å². The Morgan fingerprint density at radius 1 is 1.10 bits per heavy atom. The van der Waals surface area contributed by atoms with Gasteiger partial charge in [-0.05, 0) is 67.0 Å². The maximum atomic E-state index is 13.2. The van der Waals surface area contributed by atoms with Crippen LogP contribution in [-0.4, -0.2) is 10.9 Å². The summed E-state index contributed by atoms with van der Waals surface area (Å²) in [6, 6.07) is 9.86. The summed E-state index contributed by atoms with van der Waals surface area (Å²) >= 11 is 3.01. The average Bonchev–Trinajstić information content (AvgIpc) is 3.31. The fraction of sp³-hybridized carbons (Fsp3) is 0.217. The highest BCUT2D eigenvalue weighted by Crippen LogP contribution is 2.44. The molecule has 3 N–H and O–H groups in total. The number of thiophene rings is 2. The highest BCUT2D eigenvalue weighted by molar-refractivity contribution is 7.21. The molecule has 0 saturated heterocycles. The molecule has 0 unspecified atom stereocenters. The molecular formula is C23H20FN3OS2. The Morgan fingerprint density at radius 2 is 1.90 bits per heavy atom. The van der Waals surface area contributed by atoms with E-state index in [0.717, 1.165) is 52.0 Å². The molecule has 1 amide bonds. The first-order valence-electron chi connectivity index (χ1n) is 9.96. The van der Waals surface area contributed by atoms with E-state index in [0.29, 0.717) is 16.3 Å². The van der Waals surface area contributed by atoms with Crippen LogP contribution in [0.5, 0.6) is 0 Å². The van der Waals surface area contributed by atoms with Gasteiger partial charge < -0.3 is 11.1 Å². The molecule has 0 aliphatic heterocycles. The number of amides is 1. The summed E-state index contributed by atoms with van der Waals surface area (Å²) in [6.45, 7) is 0. The molecule has 1 aliphatic carbocycles. The van der Waals surface area contributed by atoms with Crippen LogP contribution in [0.4, 0.5) is 15.8 Å². The summed E-state index contributed by atoms with van der Waals surface area (Å²) in [5.74, 6) is -0.643. The van der Waals surface area contributed by atoms with Crippen molar-refractivity contribution < 1.29 is 9.18 Å². The third-order valence-electron chi connectivity index (χ3n) is 5.48. The first-order valence-corrected chi connectivity index (χ1v) is 11.7. The van der Waals surface area contributed by atoms with E-state index in [1.165, 1.54) is 47.6 Å². The summed E-state index contributed by atoms with van der Waals surface area (Å²) < 4.78 is 13.2. The van der Waals surface area contributed by atoms with Crippen LogP contribution >= 0.6 is 22.7 Å². The quantitative estimate of drug-likeness (QED) is 0.371. The second-order valence-corrected chi connectivity index (χ2v) is 9.38. The summed E-state index contributed by atoms with van der Waals surface area (Å²) in [6.07, 6.45) is 5.42. The van der Waals surface area contributed by atoms with Gasteiger partial charge in [-0.1, -0.05) is 12.5 Å². The van der Waals surface area contributed by atoms with Gasteiger partial charge in [0.15, 0.2) is 0 Å². The van der Waals surface area contributed by atoms with Crippen molar-refractivity contribution in [2.24, 2.45) is 0 Å². The first-order chi connectivity index (χ1) is 14.6. The smallest absolute Gasteiger partial charge is 0.267 e. The number of carbonyl (C=O) groups is 1. The van der Waals surface area contributed by atoms with E-state index in [1.54, 1.807) is 11.3 Å². The molecule has 0 fully saturated rings. The Hall–Kier alpha value is -2.77. The van der Waals surface area contributed by atoms with Crippen LogP contribution < -0.4 is 11.1 Å². The van der Waals surface area contributed by atoms with Gasteiger partial charge in [0.05, 0.1) is 5.69 Å². The number of pyridine rings is 1. The van der Waals surface area contributed by atoms with Crippen LogP contribution in [0.2, 0.25) is 0 Å². The molecule has 0 bridgehead atoms. The number of hydrogen-bond acceptors (Lipinski definition) is 5. The molecule has 3 aromatic heterocycles. The number of fused-ring (bicyclic) bond motifs is 2. The fourth-order valence-electron chi connectivity index (χ4n) is 4.07. The molecule has 0 atom stereocenters. The van der Waals surface area contributed by atoms with E-state index in [4.69, 9.17) is 10.7 Å². The average molecular weight is 438 g/mol. The third-order valence-corrected chi connectivity index (χ3v) is 7.46. The number of rotatable bonds is 3. The lowest BCUT2D eigenvalue weighted by Crippen LogP contribution is -2.12. The topological polar surface area (TPSA) is 68.0 Å². The number of anilines is 2. The molecule has 4 nitrogen and oxygen atoms in total. The van der Waals surface area contributed by atoms with Crippen molar-refractivity contribution in [2.45, 2.75) is 32.1 Å². The molecule has 0 radical (unpaired) electrons. The summed E-state index contributed by atoms with van der Waals surface area (Å²) in [5, 5.41) is 5.77. The zero-order valence-corrected chi connectivity index (χ0v) is 17.8. The van der Waals surface area contributed by atoms with Crippen LogP contribution in [-0.2, 0) is 12.8 Å². The second kappa shape index (κ2) is 7.81. The van der Waals surface area contributed by atoms with Crippen molar-refractivity contribution in [3.63, 3.8) is 0 Å². The fourth-order valence-corrected chi connectivity index (χ4v) is 5.89. The van der Waals surface area contributed by atoms with Gasteiger partial charge in [-0.15, -0.1) is 22.7 Å². The first kappa shape index (κ1) is 19.2. The van der Waals surface area contributed by atoms with Crippen LogP contribution in [0, 0.1) is 5.82 Å². The number of nitrogen functional groups attached to an aromatic ring is 1. The van der Waals surface area contributed by atoms with E-state index >= 15 is 0 Å². The second-order valence-electron chi connectivity index (χ2n) is 7.44. The van der Waals surface area contributed by atoms with Gasteiger partial charge in [0.1, 0.15) is 15.5 Å². The predicted octanol–water partition coefficient (Wildman–Crippen LogP) is 6.27. The number of carbonyl (C=O) groups excluding carboxylic acids is 1. The van der Waals surface area contributed by atoms with Gasteiger partial charge in [-0.2, -0.15) is 0 Å². The monoisotopic (exact) mass is 437 g/mol. The van der Waals surface area contributed by atoms with Crippen molar-refractivity contribution in [1.82, 2.24) is 4.98 Å². The number of aryl methyl sites for hydroxylation is 1. The molecule has 152 valence electrons.